The molecule has 0 N–H and O–H groups in total. The predicted molar refractivity (Wildman–Crippen MR) is 114 cm³/mol. The summed E-state index contributed by atoms with van der Waals surface area (Å²) in [7, 11) is 0. The van der Waals surface area contributed by atoms with Gasteiger partial charge in [0.2, 0.25) is 0 Å². The summed E-state index contributed by atoms with van der Waals surface area (Å²) in [6, 6.07) is 0. The number of unbranched alkanes of at least 4 members (excludes halogenated alkanes) is 5. The van der Waals surface area contributed by atoms with Crippen LogP contribution < -0.4 is 0 Å². The third kappa shape index (κ3) is 12.9. The second kappa shape index (κ2) is 16.2. The van der Waals surface area contributed by atoms with Crippen molar-refractivity contribution in [2.45, 2.75) is 118 Å². The molecule has 0 saturated carbocycles. The first-order valence-electron chi connectivity index (χ1n) is 10.9. The molecule has 0 bridgehead atoms. The SMILES string of the molecule is CCCCCC(/C=[CH]/[Sn]([CH2]CCC)([CH2]CCC)[CH2]CCC)OC(C)=O. The van der Waals surface area contributed by atoms with Gasteiger partial charge >= 0.3 is 162 Å². The molecule has 0 fully saturated rings. The molecular weight excluding hydrogens is 415 g/mol. The average molecular weight is 459 g/mol. The Hall–Kier alpha value is 0.00870. The van der Waals surface area contributed by atoms with E-state index in [2.05, 4.69) is 37.9 Å². The molecule has 0 saturated heterocycles. The van der Waals surface area contributed by atoms with Crippen LogP contribution in [-0.2, 0) is 9.53 Å². The van der Waals surface area contributed by atoms with Crippen LogP contribution in [0.5, 0.6) is 0 Å². The summed E-state index contributed by atoms with van der Waals surface area (Å²) >= 11 is -2.26. The van der Waals surface area contributed by atoms with Crippen LogP contribution in [0.25, 0.3) is 0 Å². The van der Waals surface area contributed by atoms with Gasteiger partial charge in [0.25, 0.3) is 0 Å². The van der Waals surface area contributed by atoms with Crippen molar-refractivity contribution in [2.24, 2.45) is 0 Å². The van der Waals surface area contributed by atoms with Gasteiger partial charge in [-0.2, -0.15) is 0 Å². The Morgan fingerprint density at radius 1 is 0.840 bits per heavy atom. The number of hydrogen-bond donors (Lipinski definition) is 0. The zero-order valence-electron chi connectivity index (χ0n) is 17.7. The zero-order chi connectivity index (χ0) is 19.0. The molecule has 1 unspecified atom stereocenters. The molecule has 0 aromatic rings. The second-order valence-electron chi connectivity index (χ2n) is 7.68. The van der Waals surface area contributed by atoms with Crippen molar-refractivity contribution < 1.29 is 9.53 Å². The molecule has 0 spiro atoms. The first-order chi connectivity index (χ1) is 12.0. The van der Waals surface area contributed by atoms with Crippen LogP contribution in [0.2, 0.25) is 13.3 Å². The monoisotopic (exact) mass is 460 g/mol. The molecule has 3 heteroatoms. The fraction of sp³-hybridized carbons (Fsp3) is 0.864. The van der Waals surface area contributed by atoms with E-state index in [-0.39, 0.29) is 12.1 Å². The Kier molecular flexibility index (Phi) is 16.2. The summed E-state index contributed by atoms with van der Waals surface area (Å²) in [6.07, 6.45) is 14.9. The van der Waals surface area contributed by atoms with Gasteiger partial charge in [0.1, 0.15) is 0 Å². The van der Waals surface area contributed by atoms with Gasteiger partial charge in [0, 0.05) is 0 Å². The number of carbonyl (C=O) groups excluding carboxylic acids is 1. The van der Waals surface area contributed by atoms with Crippen molar-refractivity contribution >= 4 is 24.3 Å². The van der Waals surface area contributed by atoms with E-state index < -0.39 is 18.4 Å². The van der Waals surface area contributed by atoms with Crippen molar-refractivity contribution in [1.29, 1.82) is 0 Å². The van der Waals surface area contributed by atoms with Gasteiger partial charge in [-0.05, 0) is 0 Å². The molecule has 0 aromatic heterocycles. The van der Waals surface area contributed by atoms with Crippen molar-refractivity contribution in [3.8, 4) is 0 Å². The molecule has 0 aliphatic heterocycles. The number of hydrogen-bond acceptors (Lipinski definition) is 2. The van der Waals surface area contributed by atoms with Crippen LogP contribution in [0, 0.1) is 0 Å². The fourth-order valence-corrected chi connectivity index (χ4v) is 17.9. The maximum absolute atomic E-state index is 11.5. The van der Waals surface area contributed by atoms with Crippen LogP contribution in [-0.4, -0.2) is 30.5 Å². The van der Waals surface area contributed by atoms with Crippen LogP contribution in [0.1, 0.15) is 98.8 Å². The molecule has 0 aliphatic carbocycles. The van der Waals surface area contributed by atoms with E-state index >= 15 is 0 Å². The van der Waals surface area contributed by atoms with Gasteiger partial charge in [0.05, 0.1) is 0 Å². The Morgan fingerprint density at radius 3 is 1.72 bits per heavy atom. The second-order valence-corrected chi connectivity index (χ2v) is 20.7. The Balaban J connectivity index is 5.16. The van der Waals surface area contributed by atoms with Gasteiger partial charge in [-0.15, -0.1) is 0 Å². The Morgan fingerprint density at radius 2 is 1.32 bits per heavy atom. The Labute approximate surface area is 162 Å². The van der Waals surface area contributed by atoms with E-state index in [9.17, 15) is 4.79 Å². The van der Waals surface area contributed by atoms with Crippen LogP contribution in [0.4, 0.5) is 0 Å². The molecule has 0 radical (unpaired) electrons. The van der Waals surface area contributed by atoms with E-state index in [0.717, 1.165) is 12.8 Å². The molecule has 1 atom stereocenters. The van der Waals surface area contributed by atoms with E-state index in [1.807, 2.05) is 0 Å². The molecule has 0 amide bonds. The van der Waals surface area contributed by atoms with Crippen molar-refractivity contribution in [2.75, 3.05) is 0 Å². The number of ether oxygens (including phenoxy) is 1. The van der Waals surface area contributed by atoms with Crippen LogP contribution >= 0.6 is 0 Å². The topological polar surface area (TPSA) is 26.3 Å². The van der Waals surface area contributed by atoms with E-state index in [0.29, 0.717) is 0 Å². The summed E-state index contributed by atoms with van der Waals surface area (Å²) in [5.74, 6) is -0.136. The van der Waals surface area contributed by atoms with Crippen molar-refractivity contribution in [3.63, 3.8) is 0 Å². The third-order valence-electron chi connectivity index (χ3n) is 5.16. The van der Waals surface area contributed by atoms with Gasteiger partial charge in [-0.25, -0.2) is 0 Å². The van der Waals surface area contributed by atoms with Gasteiger partial charge in [-0.1, -0.05) is 0 Å². The summed E-state index contributed by atoms with van der Waals surface area (Å²) < 4.78 is 12.7. The standard InChI is InChI=1S/C10H17O2.3C4H9.Sn/c1-4-6-7-8-10(5-2)12-9(3)11;3*1-3-4-2;/h2,5,10H,4,6-8H2,1,3H3;3*1,3-4H2,2H3;. The summed E-state index contributed by atoms with van der Waals surface area (Å²) in [5.41, 5.74) is 0. The summed E-state index contributed by atoms with van der Waals surface area (Å²) in [5, 5.41) is 0. The first kappa shape index (κ1) is 25.0. The van der Waals surface area contributed by atoms with Gasteiger partial charge in [-0.3, -0.25) is 0 Å². The molecule has 148 valence electrons. The normalized spacial score (nSPS) is 13.3. The maximum atomic E-state index is 11.5. The van der Waals surface area contributed by atoms with Crippen molar-refractivity contribution in [1.82, 2.24) is 0 Å². The molecule has 2 nitrogen and oxygen atoms in total. The molecule has 0 heterocycles. The average Bonchev–Trinajstić information content (AvgIpc) is 2.60. The molecule has 0 aliphatic rings. The summed E-state index contributed by atoms with van der Waals surface area (Å²) in [6.45, 7) is 10.7. The Bertz CT molecular complexity index is 330. The van der Waals surface area contributed by atoms with E-state index in [4.69, 9.17) is 4.74 Å². The van der Waals surface area contributed by atoms with Crippen LogP contribution in [0.3, 0.4) is 0 Å². The van der Waals surface area contributed by atoms with Crippen molar-refractivity contribution in [3.05, 3.63) is 10.2 Å². The molecular formula is C22H44O2Sn. The summed E-state index contributed by atoms with van der Waals surface area (Å²) in [4.78, 5) is 11.5. The van der Waals surface area contributed by atoms with Gasteiger partial charge in [0.15, 0.2) is 0 Å². The predicted octanol–water partition coefficient (Wildman–Crippen LogP) is 7.44. The third-order valence-corrected chi connectivity index (χ3v) is 19.3. The van der Waals surface area contributed by atoms with E-state index in [1.54, 1.807) is 6.92 Å². The number of rotatable bonds is 16. The minimum atomic E-state index is -2.26. The molecule has 0 rings (SSSR count). The quantitative estimate of drug-likeness (QED) is 0.136. The zero-order valence-corrected chi connectivity index (χ0v) is 20.6. The van der Waals surface area contributed by atoms with E-state index in [1.165, 1.54) is 64.7 Å². The fourth-order valence-electron chi connectivity index (χ4n) is 3.53. The molecule has 0 aromatic carbocycles. The van der Waals surface area contributed by atoms with Gasteiger partial charge < -0.3 is 0 Å². The van der Waals surface area contributed by atoms with Crippen LogP contribution in [0.15, 0.2) is 10.2 Å². The number of carbonyl (C=O) groups is 1. The number of esters is 1. The first-order valence-corrected chi connectivity index (χ1v) is 18.6. The minimum absolute atomic E-state index is 0.00463. The molecule has 25 heavy (non-hydrogen) atoms.